The fraction of sp³-hybridized carbons (Fsp3) is 0.836. The molecule has 0 heterocycles. The molecular weight excluding hydrogens is 813 g/mol. The van der Waals surface area contributed by atoms with Crippen molar-refractivity contribution in [3.05, 3.63) is 48.6 Å². The van der Waals surface area contributed by atoms with Crippen LogP contribution in [-0.4, -0.2) is 37.9 Å². The first kappa shape index (κ1) is 63.9. The van der Waals surface area contributed by atoms with Gasteiger partial charge >= 0.3 is 11.9 Å². The van der Waals surface area contributed by atoms with Crippen molar-refractivity contribution in [2.75, 3.05) is 19.8 Å². The molecule has 0 saturated heterocycles. The molecular formula is C61H112O5. The lowest BCUT2D eigenvalue weighted by molar-refractivity contribution is -0.163. The second-order valence-corrected chi connectivity index (χ2v) is 19.5. The minimum Gasteiger partial charge on any atom is -0.462 e. The summed E-state index contributed by atoms with van der Waals surface area (Å²) in [4.78, 5) is 25.5. The molecule has 0 saturated carbocycles. The van der Waals surface area contributed by atoms with Crippen LogP contribution in [0.4, 0.5) is 0 Å². The van der Waals surface area contributed by atoms with E-state index in [1.807, 2.05) is 0 Å². The van der Waals surface area contributed by atoms with E-state index in [9.17, 15) is 9.59 Å². The summed E-state index contributed by atoms with van der Waals surface area (Å²) in [7, 11) is 0. The van der Waals surface area contributed by atoms with Crippen molar-refractivity contribution in [2.24, 2.45) is 0 Å². The average Bonchev–Trinajstić information content (AvgIpc) is 3.32. The first-order valence-electron chi connectivity index (χ1n) is 29.2. The predicted molar refractivity (Wildman–Crippen MR) is 288 cm³/mol. The van der Waals surface area contributed by atoms with Gasteiger partial charge in [0.15, 0.2) is 6.10 Å². The number of allylic oxidation sites excluding steroid dienone is 8. The third-order valence-corrected chi connectivity index (χ3v) is 12.9. The number of rotatable bonds is 54. The first-order chi connectivity index (χ1) is 32.6. The SMILES string of the molecule is CC/C=C\C/C=C\C/C=C\C/C=C\CCCCCCCCC(=O)OCC(COCCCCCCCCCCCCCCCC)OC(=O)CCCCCCCCCCCCCCCCCCC. The number of hydrogen-bond donors (Lipinski definition) is 0. The number of hydrogen-bond acceptors (Lipinski definition) is 5. The Morgan fingerprint density at radius 1 is 0.348 bits per heavy atom. The van der Waals surface area contributed by atoms with Crippen molar-refractivity contribution in [2.45, 2.75) is 309 Å². The van der Waals surface area contributed by atoms with Crippen LogP contribution < -0.4 is 0 Å². The molecule has 386 valence electrons. The van der Waals surface area contributed by atoms with Gasteiger partial charge in [-0.3, -0.25) is 9.59 Å². The smallest absolute Gasteiger partial charge is 0.306 e. The number of ether oxygens (including phenoxy) is 3. The Kier molecular flexibility index (Phi) is 55.3. The zero-order valence-corrected chi connectivity index (χ0v) is 44.5. The molecule has 0 aromatic heterocycles. The van der Waals surface area contributed by atoms with Crippen molar-refractivity contribution in [1.82, 2.24) is 0 Å². The Bertz CT molecular complexity index is 1090. The topological polar surface area (TPSA) is 61.8 Å². The van der Waals surface area contributed by atoms with Crippen molar-refractivity contribution in [3.63, 3.8) is 0 Å². The summed E-state index contributed by atoms with van der Waals surface area (Å²) in [5.74, 6) is -0.394. The highest BCUT2D eigenvalue weighted by Crippen LogP contribution is 2.17. The lowest BCUT2D eigenvalue weighted by Crippen LogP contribution is -2.30. The van der Waals surface area contributed by atoms with Gasteiger partial charge in [-0.15, -0.1) is 0 Å². The van der Waals surface area contributed by atoms with E-state index >= 15 is 0 Å². The summed E-state index contributed by atoms with van der Waals surface area (Å²) in [6.07, 6.45) is 71.3. The zero-order valence-electron chi connectivity index (χ0n) is 44.5. The monoisotopic (exact) mass is 925 g/mol. The minimum atomic E-state index is -0.538. The van der Waals surface area contributed by atoms with Gasteiger partial charge < -0.3 is 14.2 Å². The highest BCUT2D eigenvalue weighted by Gasteiger charge is 2.17. The summed E-state index contributed by atoms with van der Waals surface area (Å²) in [5, 5.41) is 0. The van der Waals surface area contributed by atoms with E-state index in [-0.39, 0.29) is 25.2 Å². The van der Waals surface area contributed by atoms with Gasteiger partial charge in [-0.05, 0) is 57.8 Å². The molecule has 0 aromatic rings. The highest BCUT2D eigenvalue weighted by atomic mass is 16.6. The maximum atomic E-state index is 12.9. The van der Waals surface area contributed by atoms with Gasteiger partial charge in [0, 0.05) is 19.4 Å². The Hall–Kier alpha value is -2.14. The summed E-state index contributed by atoms with van der Waals surface area (Å²) < 4.78 is 17.5. The van der Waals surface area contributed by atoms with Gasteiger partial charge in [-0.1, -0.05) is 281 Å². The van der Waals surface area contributed by atoms with Gasteiger partial charge in [0.25, 0.3) is 0 Å². The van der Waals surface area contributed by atoms with Crippen LogP contribution in [0.1, 0.15) is 303 Å². The van der Waals surface area contributed by atoms with Gasteiger partial charge in [0.05, 0.1) is 6.61 Å². The molecule has 0 amide bonds. The molecule has 0 aliphatic carbocycles. The molecule has 1 atom stereocenters. The predicted octanol–water partition coefficient (Wildman–Crippen LogP) is 19.9. The molecule has 5 nitrogen and oxygen atoms in total. The maximum absolute atomic E-state index is 12.9. The summed E-state index contributed by atoms with van der Waals surface area (Å²) in [6, 6.07) is 0. The molecule has 0 rings (SSSR count). The summed E-state index contributed by atoms with van der Waals surface area (Å²) in [6.45, 7) is 7.76. The van der Waals surface area contributed by atoms with Crippen LogP contribution >= 0.6 is 0 Å². The summed E-state index contributed by atoms with van der Waals surface area (Å²) >= 11 is 0. The number of carbonyl (C=O) groups is 2. The van der Waals surface area contributed by atoms with Crippen LogP contribution in [0.25, 0.3) is 0 Å². The van der Waals surface area contributed by atoms with E-state index in [0.29, 0.717) is 19.4 Å². The third-order valence-electron chi connectivity index (χ3n) is 12.9. The van der Waals surface area contributed by atoms with E-state index in [4.69, 9.17) is 14.2 Å². The molecule has 5 heteroatoms. The van der Waals surface area contributed by atoms with Crippen molar-refractivity contribution in [1.29, 1.82) is 0 Å². The number of unbranched alkanes of at least 4 members (excludes halogenated alkanes) is 35. The van der Waals surface area contributed by atoms with Crippen LogP contribution in [0.3, 0.4) is 0 Å². The largest absolute Gasteiger partial charge is 0.462 e. The quantitative estimate of drug-likeness (QED) is 0.0345. The molecule has 0 fully saturated rings. The first-order valence-corrected chi connectivity index (χ1v) is 29.2. The molecule has 0 aliphatic rings. The molecule has 0 N–H and O–H groups in total. The molecule has 0 aromatic carbocycles. The standard InChI is InChI=1S/C61H112O5/c1-4-7-10-13-16-19-22-25-28-30-31-33-34-36-39-42-45-48-51-54-60(62)65-58-59(57-64-56-53-50-47-44-41-38-27-24-21-18-15-12-9-6-3)66-61(63)55-52-49-46-43-40-37-35-32-29-26-23-20-17-14-11-8-5-2/h7,10,16,19,25,28,31,33,59H,4-6,8-9,11-15,17-18,20-24,26-27,29-30,32,34-58H2,1-3H3/b10-7-,19-16-,28-25-,33-31-. The van der Waals surface area contributed by atoms with Crippen molar-refractivity contribution >= 4 is 11.9 Å². The van der Waals surface area contributed by atoms with E-state index in [1.54, 1.807) is 0 Å². The van der Waals surface area contributed by atoms with E-state index < -0.39 is 6.10 Å². The lowest BCUT2D eigenvalue weighted by atomic mass is 10.0. The van der Waals surface area contributed by atoms with Crippen molar-refractivity contribution in [3.8, 4) is 0 Å². The number of carbonyl (C=O) groups excluding carboxylic acids is 2. The van der Waals surface area contributed by atoms with Crippen LogP contribution in [0.5, 0.6) is 0 Å². The van der Waals surface area contributed by atoms with Crippen molar-refractivity contribution < 1.29 is 23.8 Å². The zero-order chi connectivity index (χ0) is 47.7. The normalized spacial score (nSPS) is 12.5. The summed E-state index contributed by atoms with van der Waals surface area (Å²) in [5.41, 5.74) is 0. The van der Waals surface area contributed by atoms with Gasteiger partial charge in [0.1, 0.15) is 6.61 Å². The Morgan fingerprint density at radius 2 is 0.682 bits per heavy atom. The highest BCUT2D eigenvalue weighted by molar-refractivity contribution is 5.70. The Morgan fingerprint density at radius 3 is 1.09 bits per heavy atom. The van der Waals surface area contributed by atoms with Crippen LogP contribution in [-0.2, 0) is 23.8 Å². The van der Waals surface area contributed by atoms with Gasteiger partial charge in [-0.25, -0.2) is 0 Å². The van der Waals surface area contributed by atoms with E-state index in [0.717, 1.165) is 70.6 Å². The van der Waals surface area contributed by atoms with Crippen LogP contribution in [0, 0.1) is 0 Å². The molecule has 1 unspecified atom stereocenters. The molecule has 0 radical (unpaired) electrons. The third kappa shape index (κ3) is 54.5. The van der Waals surface area contributed by atoms with Gasteiger partial charge in [0.2, 0.25) is 0 Å². The number of esters is 2. The average molecular weight is 926 g/mol. The fourth-order valence-electron chi connectivity index (χ4n) is 8.56. The Labute approximate surface area is 412 Å². The van der Waals surface area contributed by atoms with Crippen LogP contribution in [0.2, 0.25) is 0 Å². The minimum absolute atomic E-state index is 0.0830. The van der Waals surface area contributed by atoms with Gasteiger partial charge in [-0.2, -0.15) is 0 Å². The molecule has 0 spiro atoms. The molecule has 66 heavy (non-hydrogen) atoms. The molecule has 0 bridgehead atoms. The Balaban J connectivity index is 4.25. The van der Waals surface area contributed by atoms with E-state index in [1.165, 1.54) is 199 Å². The molecule has 0 aliphatic heterocycles. The second kappa shape index (κ2) is 57.2. The lowest BCUT2D eigenvalue weighted by Gasteiger charge is -2.18. The maximum Gasteiger partial charge on any atom is 0.306 e. The van der Waals surface area contributed by atoms with E-state index in [2.05, 4.69) is 69.4 Å². The van der Waals surface area contributed by atoms with Crippen LogP contribution in [0.15, 0.2) is 48.6 Å². The second-order valence-electron chi connectivity index (χ2n) is 19.5. The fourth-order valence-corrected chi connectivity index (χ4v) is 8.56.